The lowest BCUT2D eigenvalue weighted by Gasteiger charge is -2.08. The lowest BCUT2D eigenvalue weighted by atomic mass is 10.1. The molecule has 2 aromatic carbocycles. The maximum atomic E-state index is 11.9. The maximum Gasteiger partial charge on any atom is 0.307 e. The zero-order chi connectivity index (χ0) is 17.6. The smallest absolute Gasteiger partial charge is 0.307 e. The Morgan fingerprint density at radius 2 is 1.64 bits per heavy atom. The third kappa shape index (κ3) is 4.90. The van der Waals surface area contributed by atoms with Gasteiger partial charge in [0.1, 0.15) is 0 Å². The number of hydrogen-bond acceptors (Lipinski definition) is 3. The van der Waals surface area contributed by atoms with Gasteiger partial charge in [-0.1, -0.05) is 54.6 Å². The summed E-state index contributed by atoms with van der Waals surface area (Å²) in [4.78, 5) is 22.7. The molecular weight excluding hydrogens is 318 g/mol. The van der Waals surface area contributed by atoms with E-state index in [1.807, 2.05) is 54.6 Å². The molecule has 0 bridgehead atoms. The number of nitrogens with one attached hydrogen (secondary N) is 1. The topological polar surface area (TPSA) is 75.6 Å². The first-order valence-electron chi connectivity index (χ1n) is 8.33. The van der Waals surface area contributed by atoms with Gasteiger partial charge in [-0.3, -0.25) is 9.59 Å². The van der Waals surface area contributed by atoms with E-state index in [0.717, 1.165) is 16.7 Å². The van der Waals surface area contributed by atoms with Crippen molar-refractivity contribution in [3.63, 3.8) is 0 Å². The number of carbonyl (C=O) groups excluding carboxylic acids is 1. The third-order valence-electron chi connectivity index (χ3n) is 4.28. The number of hydrogen-bond donors (Lipinski definition) is 2. The molecule has 2 atom stereocenters. The molecule has 130 valence electrons. The van der Waals surface area contributed by atoms with Crippen LogP contribution in [0.1, 0.15) is 23.1 Å². The number of aliphatic carboxylic acids is 1. The van der Waals surface area contributed by atoms with E-state index in [4.69, 9.17) is 9.84 Å². The van der Waals surface area contributed by atoms with Crippen LogP contribution in [0.3, 0.4) is 0 Å². The van der Waals surface area contributed by atoms with Crippen LogP contribution in [-0.2, 0) is 34.1 Å². The maximum absolute atomic E-state index is 11.9. The Bertz CT molecular complexity index is 744. The highest BCUT2D eigenvalue weighted by atomic mass is 16.5. The second kappa shape index (κ2) is 7.94. The number of rotatable bonds is 8. The summed E-state index contributed by atoms with van der Waals surface area (Å²) < 4.78 is 5.72. The zero-order valence-electron chi connectivity index (χ0n) is 13.9. The first-order chi connectivity index (χ1) is 12.1. The number of carboxylic acid groups (broad SMARTS) is 1. The van der Waals surface area contributed by atoms with Crippen LogP contribution in [0.4, 0.5) is 0 Å². The van der Waals surface area contributed by atoms with E-state index >= 15 is 0 Å². The molecule has 0 aromatic heterocycles. The Morgan fingerprint density at radius 1 is 0.960 bits per heavy atom. The zero-order valence-corrected chi connectivity index (χ0v) is 13.9. The van der Waals surface area contributed by atoms with Crippen molar-refractivity contribution in [2.75, 3.05) is 0 Å². The Labute approximate surface area is 146 Å². The summed E-state index contributed by atoms with van der Waals surface area (Å²) in [5, 5.41) is 11.7. The van der Waals surface area contributed by atoms with Crippen LogP contribution in [0.2, 0.25) is 0 Å². The highest BCUT2D eigenvalue weighted by molar-refractivity contribution is 5.89. The molecule has 0 spiro atoms. The molecule has 1 aliphatic carbocycles. The largest absolute Gasteiger partial charge is 0.481 e. The van der Waals surface area contributed by atoms with E-state index in [9.17, 15) is 9.59 Å². The molecule has 25 heavy (non-hydrogen) atoms. The Balaban J connectivity index is 1.45. The van der Waals surface area contributed by atoms with Crippen molar-refractivity contribution in [2.24, 2.45) is 11.8 Å². The summed E-state index contributed by atoms with van der Waals surface area (Å²) in [5.41, 5.74) is 3.14. The summed E-state index contributed by atoms with van der Waals surface area (Å²) in [5.74, 6) is -1.97. The molecule has 2 aromatic rings. The molecule has 5 heteroatoms. The molecule has 0 saturated heterocycles. The molecule has 5 nitrogen and oxygen atoms in total. The Morgan fingerprint density at radius 3 is 2.36 bits per heavy atom. The van der Waals surface area contributed by atoms with Crippen LogP contribution in [-0.4, -0.2) is 17.0 Å². The number of ether oxygens (including phenoxy) is 1. The van der Waals surface area contributed by atoms with Crippen molar-refractivity contribution in [2.45, 2.75) is 26.2 Å². The van der Waals surface area contributed by atoms with Crippen molar-refractivity contribution in [3.05, 3.63) is 71.3 Å². The standard InChI is InChI=1S/C20H21NO4/c22-19(17-10-18(17)20(23)24)21-11-15-7-4-8-16(9-15)13-25-12-14-5-2-1-3-6-14/h1-9,17-18H,10-13H2,(H,21,22)(H,23,24)/t17-,18-/m1/s1. The van der Waals surface area contributed by atoms with E-state index in [1.54, 1.807) is 0 Å². The van der Waals surface area contributed by atoms with E-state index in [0.29, 0.717) is 26.2 Å². The molecule has 3 rings (SSSR count). The summed E-state index contributed by atoms with van der Waals surface area (Å²) >= 11 is 0. The number of benzene rings is 2. The monoisotopic (exact) mass is 339 g/mol. The first-order valence-corrected chi connectivity index (χ1v) is 8.33. The minimum absolute atomic E-state index is 0.182. The fraction of sp³-hybridized carbons (Fsp3) is 0.300. The van der Waals surface area contributed by atoms with Crippen LogP contribution in [0.15, 0.2) is 54.6 Å². The highest BCUT2D eigenvalue weighted by Gasteiger charge is 2.48. The average molecular weight is 339 g/mol. The predicted molar refractivity (Wildman–Crippen MR) is 92.5 cm³/mol. The van der Waals surface area contributed by atoms with Gasteiger partial charge < -0.3 is 15.2 Å². The fourth-order valence-corrected chi connectivity index (χ4v) is 2.77. The van der Waals surface area contributed by atoms with E-state index < -0.39 is 11.9 Å². The van der Waals surface area contributed by atoms with Crippen LogP contribution < -0.4 is 5.32 Å². The van der Waals surface area contributed by atoms with Gasteiger partial charge in [0.15, 0.2) is 0 Å². The van der Waals surface area contributed by atoms with E-state index in [-0.39, 0.29) is 11.8 Å². The van der Waals surface area contributed by atoms with Crippen molar-refractivity contribution in [1.82, 2.24) is 5.32 Å². The number of carbonyl (C=O) groups is 2. The summed E-state index contributed by atoms with van der Waals surface area (Å²) in [6.07, 6.45) is 0.439. The Hall–Kier alpha value is -2.66. The van der Waals surface area contributed by atoms with Gasteiger partial charge in [0.2, 0.25) is 5.91 Å². The minimum Gasteiger partial charge on any atom is -0.481 e. The second-order valence-electron chi connectivity index (χ2n) is 6.30. The molecule has 1 fully saturated rings. The summed E-state index contributed by atoms with van der Waals surface area (Å²) in [6.45, 7) is 1.45. The lowest BCUT2D eigenvalue weighted by molar-refractivity contribution is -0.140. The van der Waals surface area contributed by atoms with Crippen LogP contribution >= 0.6 is 0 Å². The molecule has 2 N–H and O–H groups in total. The highest BCUT2D eigenvalue weighted by Crippen LogP contribution is 2.38. The Kier molecular flexibility index (Phi) is 5.46. The van der Waals surface area contributed by atoms with Gasteiger partial charge in [-0.05, 0) is 23.1 Å². The third-order valence-corrected chi connectivity index (χ3v) is 4.28. The summed E-state index contributed by atoms with van der Waals surface area (Å²) in [6, 6.07) is 17.8. The molecule has 0 heterocycles. The lowest BCUT2D eigenvalue weighted by Crippen LogP contribution is -2.25. The normalized spacial score (nSPS) is 18.6. The molecule has 0 unspecified atom stereocenters. The number of amides is 1. The summed E-state index contributed by atoms with van der Waals surface area (Å²) in [7, 11) is 0. The van der Waals surface area contributed by atoms with E-state index in [1.165, 1.54) is 0 Å². The molecule has 1 amide bonds. The van der Waals surface area contributed by atoms with Gasteiger partial charge in [0.05, 0.1) is 25.0 Å². The first kappa shape index (κ1) is 17.2. The van der Waals surface area contributed by atoms with Gasteiger partial charge >= 0.3 is 5.97 Å². The SMILES string of the molecule is O=C(O)[C@@H]1C[C@H]1C(=O)NCc1cccc(COCc2ccccc2)c1. The van der Waals surface area contributed by atoms with Gasteiger partial charge in [-0.15, -0.1) is 0 Å². The van der Waals surface area contributed by atoms with Crippen LogP contribution in [0, 0.1) is 11.8 Å². The quantitative estimate of drug-likeness (QED) is 0.775. The molecule has 1 saturated carbocycles. The molecule has 0 aliphatic heterocycles. The fourth-order valence-electron chi connectivity index (χ4n) is 2.77. The van der Waals surface area contributed by atoms with Crippen molar-refractivity contribution >= 4 is 11.9 Å². The van der Waals surface area contributed by atoms with Gasteiger partial charge in [0, 0.05) is 6.54 Å². The van der Waals surface area contributed by atoms with Gasteiger partial charge in [0.25, 0.3) is 0 Å². The van der Waals surface area contributed by atoms with Crippen molar-refractivity contribution in [1.29, 1.82) is 0 Å². The predicted octanol–water partition coefficient (Wildman–Crippen LogP) is 2.74. The van der Waals surface area contributed by atoms with Gasteiger partial charge in [-0.25, -0.2) is 0 Å². The van der Waals surface area contributed by atoms with Crippen molar-refractivity contribution < 1.29 is 19.4 Å². The second-order valence-corrected chi connectivity index (χ2v) is 6.30. The van der Waals surface area contributed by atoms with Crippen LogP contribution in [0.25, 0.3) is 0 Å². The van der Waals surface area contributed by atoms with Gasteiger partial charge in [-0.2, -0.15) is 0 Å². The average Bonchev–Trinajstić information content (AvgIpc) is 3.42. The number of carboxylic acids is 1. The molecule has 0 radical (unpaired) electrons. The van der Waals surface area contributed by atoms with Crippen LogP contribution in [0.5, 0.6) is 0 Å². The molecular formula is C20H21NO4. The molecule has 1 aliphatic rings. The van der Waals surface area contributed by atoms with E-state index in [2.05, 4.69) is 5.32 Å². The van der Waals surface area contributed by atoms with Crippen molar-refractivity contribution in [3.8, 4) is 0 Å². The minimum atomic E-state index is -0.891.